The average Bonchev–Trinajstić information content (AvgIpc) is 3.17. The van der Waals surface area contributed by atoms with Crippen LogP contribution in [0.2, 0.25) is 0 Å². The summed E-state index contributed by atoms with van der Waals surface area (Å²) in [7, 11) is -2.34. The summed E-state index contributed by atoms with van der Waals surface area (Å²) < 4.78 is 32.7. The van der Waals surface area contributed by atoms with E-state index in [4.69, 9.17) is 4.74 Å². The molecule has 8 nitrogen and oxygen atoms in total. The number of rotatable bonds is 7. The second-order valence-corrected chi connectivity index (χ2v) is 9.18. The molecule has 3 rings (SSSR count). The van der Waals surface area contributed by atoms with E-state index in [0.717, 1.165) is 22.5 Å². The molecule has 2 N–H and O–H groups in total. The molecule has 1 heterocycles. The molecule has 0 spiro atoms. The van der Waals surface area contributed by atoms with Gasteiger partial charge in [0.05, 0.1) is 7.11 Å². The average molecular weight is 433 g/mol. The third-order valence-corrected chi connectivity index (χ3v) is 6.83. The Morgan fingerprint density at radius 3 is 2.52 bits per heavy atom. The van der Waals surface area contributed by atoms with Crippen LogP contribution in [0.5, 0.6) is 5.75 Å². The van der Waals surface area contributed by atoms with Gasteiger partial charge < -0.3 is 4.74 Å². The first-order valence-corrected chi connectivity index (χ1v) is 11.0. The monoisotopic (exact) mass is 432 g/mol. The summed E-state index contributed by atoms with van der Waals surface area (Å²) in [6.45, 7) is 3.60. The fourth-order valence-corrected chi connectivity index (χ4v) is 4.71. The zero-order chi connectivity index (χ0) is 21.0. The van der Waals surface area contributed by atoms with Crippen molar-refractivity contribution >= 4 is 32.4 Å². The molecular weight excluding hydrogens is 412 g/mol. The Bertz CT molecular complexity index is 1110. The second kappa shape index (κ2) is 8.68. The van der Waals surface area contributed by atoms with Gasteiger partial charge in [0.2, 0.25) is 9.47 Å². The number of ether oxygens (including phenoxy) is 1. The van der Waals surface area contributed by atoms with E-state index in [9.17, 15) is 13.2 Å². The molecule has 0 aliphatic rings. The van der Waals surface area contributed by atoms with Crippen LogP contribution in [-0.4, -0.2) is 31.6 Å². The van der Waals surface area contributed by atoms with Gasteiger partial charge in [-0.2, -0.15) is 0 Å². The van der Waals surface area contributed by atoms with E-state index in [0.29, 0.717) is 11.3 Å². The van der Waals surface area contributed by atoms with Gasteiger partial charge in [-0.05, 0) is 43.7 Å². The second-order valence-electron chi connectivity index (χ2n) is 6.31. The summed E-state index contributed by atoms with van der Waals surface area (Å²) in [5, 5.41) is 10.2. The molecule has 1 atom stereocenters. The molecule has 0 fully saturated rings. The first-order chi connectivity index (χ1) is 13.8. The predicted molar refractivity (Wildman–Crippen MR) is 111 cm³/mol. The Balaban J connectivity index is 1.70. The van der Waals surface area contributed by atoms with Gasteiger partial charge in [0, 0.05) is 11.6 Å². The molecule has 1 unspecified atom stereocenters. The van der Waals surface area contributed by atoms with Crippen LogP contribution in [0, 0.1) is 6.92 Å². The van der Waals surface area contributed by atoms with Crippen molar-refractivity contribution in [1.82, 2.24) is 14.9 Å². The number of nitrogens with one attached hydrogen (secondary N) is 2. The highest BCUT2D eigenvalue weighted by Gasteiger charge is 2.24. The van der Waals surface area contributed by atoms with Gasteiger partial charge in [-0.3, -0.25) is 10.1 Å². The number of hydrogen-bond acceptors (Lipinski definition) is 7. The van der Waals surface area contributed by atoms with E-state index in [1.807, 2.05) is 13.0 Å². The number of methoxy groups -OCH3 is 1. The highest BCUT2D eigenvalue weighted by atomic mass is 32.2. The van der Waals surface area contributed by atoms with Crippen molar-refractivity contribution in [3.63, 3.8) is 0 Å². The van der Waals surface area contributed by atoms with Gasteiger partial charge in [0.15, 0.2) is 0 Å². The van der Waals surface area contributed by atoms with Gasteiger partial charge in [0.1, 0.15) is 5.75 Å². The molecule has 0 saturated heterocycles. The summed E-state index contributed by atoms with van der Waals surface area (Å²) in [4.78, 5) is 12.3. The van der Waals surface area contributed by atoms with Crippen LogP contribution in [0.1, 0.15) is 34.5 Å². The molecule has 0 radical (unpaired) electrons. The van der Waals surface area contributed by atoms with Gasteiger partial charge in [-0.25, -0.2) is 13.1 Å². The minimum absolute atomic E-state index is 0.106. The topological polar surface area (TPSA) is 110 Å². The van der Waals surface area contributed by atoms with Gasteiger partial charge in [0.25, 0.3) is 15.9 Å². The lowest BCUT2D eigenvalue weighted by Crippen LogP contribution is -2.26. The summed E-state index contributed by atoms with van der Waals surface area (Å²) in [5.41, 5.74) is 2.16. The normalized spacial score (nSPS) is 12.4. The Morgan fingerprint density at radius 2 is 1.86 bits per heavy atom. The number of carbonyl (C=O) groups is 1. The van der Waals surface area contributed by atoms with Crippen molar-refractivity contribution in [3.05, 3.63) is 65.2 Å². The van der Waals surface area contributed by atoms with Crippen LogP contribution in [0.25, 0.3) is 0 Å². The number of sulfonamides is 1. The lowest BCUT2D eigenvalue weighted by Gasteiger charge is -2.13. The molecule has 1 amide bonds. The van der Waals surface area contributed by atoms with Gasteiger partial charge in [-0.15, -0.1) is 10.2 Å². The van der Waals surface area contributed by atoms with Crippen molar-refractivity contribution in [2.45, 2.75) is 24.2 Å². The molecule has 1 aromatic heterocycles. The van der Waals surface area contributed by atoms with Crippen LogP contribution < -0.4 is 14.8 Å². The first-order valence-electron chi connectivity index (χ1n) is 8.66. The predicted octanol–water partition coefficient (Wildman–Crippen LogP) is 3.15. The van der Waals surface area contributed by atoms with Crippen molar-refractivity contribution < 1.29 is 17.9 Å². The minimum Gasteiger partial charge on any atom is -0.497 e. The summed E-state index contributed by atoms with van der Waals surface area (Å²) >= 11 is 0.786. The third kappa shape index (κ3) is 5.17. The molecule has 0 bridgehead atoms. The van der Waals surface area contributed by atoms with E-state index in [1.165, 1.54) is 0 Å². The Kier molecular flexibility index (Phi) is 6.26. The van der Waals surface area contributed by atoms with E-state index >= 15 is 0 Å². The lowest BCUT2D eigenvalue weighted by molar-refractivity contribution is 0.102. The van der Waals surface area contributed by atoms with Crippen LogP contribution >= 0.6 is 11.3 Å². The molecule has 10 heteroatoms. The molecule has 0 aliphatic carbocycles. The van der Waals surface area contributed by atoms with Crippen molar-refractivity contribution in [3.8, 4) is 5.75 Å². The number of anilines is 1. The maximum atomic E-state index is 12.6. The SMILES string of the molecule is COc1ccc(C(C)NS(=O)(=O)c2nnc(NC(=O)c3cccc(C)c3)s2)cc1. The van der Waals surface area contributed by atoms with E-state index < -0.39 is 16.1 Å². The zero-order valence-electron chi connectivity index (χ0n) is 16.0. The maximum Gasteiger partial charge on any atom is 0.270 e. The molecule has 0 aliphatic heterocycles. The van der Waals surface area contributed by atoms with Crippen molar-refractivity contribution in [2.24, 2.45) is 0 Å². The maximum absolute atomic E-state index is 12.6. The lowest BCUT2D eigenvalue weighted by atomic mass is 10.1. The summed E-state index contributed by atoms with van der Waals surface area (Å²) in [6.07, 6.45) is 0. The highest BCUT2D eigenvalue weighted by Crippen LogP contribution is 2.24. The van der Waals surface area contributed by atoms with Crippen molar-refractivity contribution in [1.29, 1.82) is 0 Å². The Labute approximate surface area is 173 Å². The molecule has 2 aromatic carbocycles. The quantitative estimate of drug-likeness (QED) is 0.555. The minimum atomic E-state index is -3.90. The molecular formula is C19H20N4O4S2. The van der Waals surface area contributed by atoms with Crippen LogP contribution in [-0.2, 0) is 10.0 Å². The number of aryl methyl sites for hydroxylation is 1. The molecule has 3 aromatic rings. The summed E-state index contributed by atoms with van der Waals surface area (Å²) in [5.74, 6) is 0.301. The van der Waals surface area contributed by atoms with E-state index in [1.54, 1.807) is 56.5 Å². The molecule has 29 heavy (non-hydrogen) atoms. The Hall–Kier alpha value is -2.82. The number of nitrogens with zero attached hydrogens (tertiary/aromatic N) is 2. The van der Waals surface area contributed by atoms with E-state index in [2.05, 4.69) is 20.2 Å². The van der Waals surface area contributed by atoms with Crippen LogP contribution in [0.3, 0.4) is 0 Å². The largest absolute Gasteiger partial charge is 0.497 e. The zero-order valence-corrected chi connectivity index (χ0v) is 17.7. The number of benzene rings is 2. The van der Waals surface area contributed by atoms with Gasteiger partial charge >= 0.3 is 0 Å². The number of amides is 1. The summed E-state index contributed by atoms with van der Waals surface area (Å²) in [6, 6.07) is 13.6. The first kappa shape index (κ1) is 20.9. The fraction of sp³-hybridized carbons (Fsp3) is 0.211. The fourth-order valence-electron chi connectivity index (χ4n) is 2.57. The van der Waals surface area contributed by atoms with Crippen molar-refractivity contribution in [2.75, 3.05) is 12.4 Å². The highest BCUT2D eigenvalue weighted by molar-refractivity contribution is 7.91. The Morgan fingerprint density at radius 1 is 1.14 bits per heavy atom. The number of aromatic nitrogens is 2. The number of carbonyl (C=O) groups excluding carboxylic acids is 1. The van der Waals surface area contributed by atoms with Crippen LogP contribution in [0.4, 0.5) is 5.13 Å². The molecule has 152 valence electrons. The van der Waals surface area contributed by atoms with Crippen LogP contribution in [0.15, 0.2) is 52.9 Å². The number of hydrogen-bond donors (Lipinski definition) is 2. The van der Waals surface area contributed by atoms with Gasteiger partial charge in [-0.1, -0.05) is 41.2 Å². The standard InChI is InChI=1S/C19H20N4O4S2/c1-12-5-4-6-15(11-12)17(24)20-18-21-22-19(28-18)29(25,26)23-13(2)14-7-9-16(27-3)10-8-14/h4-11,13,23H,1-3H3,(H,20,21,24). The smallest absolute Gasteiger partial charge is 0.270 e. The molecule has 0 saturated carbocycles. The third-order valence-electron chi connectivity index (χ3n) is 4.08. The van der Waals surface area contributed by atoms with E-state index in [-0.39, 0.29) is 15.4 Å².